The summed E-state index contributed by atoms with van der Waals surface area (Å²) in [7, 11) is 0. The molecule has 0 bridgehead atoms. The summed E-state index contributed by atoms with van der Waals surface area (Å²) in [6.45, 7) is 0. The third kappa shape index (κ3) is 6.42. The van der Waals surface area contributed by atoms with Crippen LogP contribution in [0.25, 0.3) is 17.2 Å². The van der Waals surface area contributed by atoms with Crippen LogP contribution in [0.5, 0.6) is 5.75 Å². The molecule has 1 aliphatic carbocycles. The maximum Gasteiger partial charge on any atom is 0.432 e. The molecule has 1 aliphatic rings. The van der Waals surface area contributed by atoms with Gasteiger partial charge in [0, 0.05) is 23.8 Å². The highest BCUT2D eigenvalue weighted by Gasteiger charge is 2.42. The van der Waals surface area contributed by atoms with Crippen molar-refractivity contribution in [1.29, 1.82) is 0 Å². The Morgan fingerprint density at radius 1 is 0.650 bits per heavy atom. The van der Waals surface area contributed by atoms with Crippen LogP contribution < -0.4 is 4.74 Å². The summed E-state index contributed by atoms with van der Waals surface area (Å²) in [5.41, 5.74) is -4.63. The van der Waals surface area contributed by atoms with E-state index in [2.05, 4.69) is 4.74 Å². The van der Waals surface area contributed by atoms with Crippen molar-refractivity contribution >= 4 is 6.08 Å². The monoisotopic (exact) mass is 580 g/mol. The van der Waals surface area contributed by atoms with Gasteiger partial charge in [-0.15, -0.1) is 0 Å². The van der Waals surface area contributed by atoms with E-state index >= 15 is 0 Å². The minimum absolute atomic E-state index is 0.0835. The first-order chi connectivity index (χ1) is 18.7. The number of halogens is 11. The zero-order valence-electron chi connectivity index (χ0n) is 20.3. The Labute approximate surface area is 220 Å². The highest BCUT2D eigenvalue weighted by atomic mass is 19.4. The number of hydrogen-bond donors (Lipinski definition) is 0. The Hall–Kier alpha value is -3.57. The van der Waals surface area contributed by atoms with Crippen LogP contribution in [-0.2, 0) is 6.11 Å². The van der Waals surface area contributed by atoms with Crippen LogP contribution in [0.2, 0.25) is 0 Å². The topological polar surface area (TPSA) is 9.23 Å². The lowest BCUT2D eigenvalue weighted by molar-refractivity contribution is -0.189. The van der Waals surface area contributed by atoms with Crippen LogP contribution >= 0.6 is 0 Å². The van der Waals surface area contributed by atoms with Gasteiger partial charge < -0.3 is 4.74 Å². The molecule has 4 rings (SSSR count). The molecule has 40 heavy (non-hydrogen) atoms. The number of hydrogen-bond acceptors (Lipinski definition) is 1. The minimum atomic E-state index is -4.89. The second-order valence-corrected chi connectivity index (χ2v) is 9.30. The summed E-state index contributed by atoms with van der Waals surface area (Å²) >= 11 is 0. The van der Waals surface area contributed by atoms with Crippen LogP contribution in [0.3, 0.4) is 0 Å². The lowest BCUT2D eigenvalue weighted by Crippen LogP contribution is -2.26. The SMILES string of the molecule is Fc1cc(-c2c(F)cc(OC(F)(F)c3c(F)cc(C4CCCCC4)cc3F)cc2F)cc(F)c1/C=C/C(F)(F)F. The van der Waals surface area contributed by atoms with Crippen molar-refractivity contribution in [3.8, 4) is 16.9 Å². The Kier molecular flexibility index (Phi) is 8.18. The molecule has 3 aromatic rings. The number of alkyl halides is 5. The van der Waals surface area contributed by atoms with Gasteiger partial charge in [0.25, 0.3) is 0 Å². The first-order valence-electron chi connectivity index (χ1n) is 12.0. The van der Waals surface area contributed by atoms with E-state index in [-0.39, 0.29) is 29.7 Å². The summed E-state index contributed by atoms with van der Waals surface area (Å²) < 4.78 is 158. The summed E-state index contributed by atoms with van der Waals surface area (Å²) in [5.74, 6) is -11.1. The smallest absolute Gasteiger partial charge is 0.429 e. The second-order valence-electron chi connectivity index (χ2n) is 9.30. The molecule has 0 spiro atoms. The number of allylic oxidation sites excluding steroid dienone is 1. The molecule has 0 heterocycles. The summed E-state index contributed by atoms with van der Waals surface area (Å²) in [6.07, 6.45) is -6.11. The van der Waals surface area contributed by atoms with E-state index in [4.69, 9.17) is 0 Å². The first kappa shape index (κ1) is 29.4. The van der Waals surface area contributed by atoms with Gasteiger partial charge in [0.2, 0.25) is 0 Å². The van der Waals surface area contributed by atoms with Crippen LogP contribution in [0.4, 0.5) is 48.3 Å². The zero-order valence-corrected chi connectivity index (χ0v) is 20.3. The van der Waals surface area contributed by atoms with Gasteiger partial charge in [-0.25, -0.2) is 26.3 Å². The molecule has 1 saturated carbocycles. The zero-order chi connectivity index (χ0) is 29.4. The average Bonchev–Trinajstić information content (AvgIpc) is 2.82. The molecule has 0 aliphatic heterocycles. The molecule has 0 saturated heterocycles. The second kappa shape index (κ2) is 11.1. The van der Waals surface area contributed by atoms with Gasteiger partial charge in [0.15, 0.2) is 0 Å². The van der Waals surface area contributed by atoms with Crippen molar-refractivity contribution in [2.24, 2.45) is 0 Å². The number of ether oxygens (including phenoxy) is 1. The fourth-order valence-corrected chi connectivity index (χ4v) is 4.69. The van der Waals surface area contributed by atoms with Crippen molar-refractivity contribution < 1.29 is 53.0 Å². The van der Waals surface area contributed by atoms with Crippen molar-refractivity contribution in [3.05, 3.63) is 94.1 Å². The van der Waals surface area contributed by atoms with Gasteiger partial charge in [-0.1, -0.05) is 19.3 Å². The first-order valence-corrected chi connectivity index (χ1v) is 12.0. The van der Waals surface area contributed by atoms with E-state index in [9.17, 15) is 48.3 Å². The van der Waals surface area contributed by atoms with Crippen LogP contribution in [0, 0.1) is 34.9 Å². The Morgan fingerprint density at radius 2 is 1.18 bits per heavy atom. The van der Waals surface area contributed by atoms with Gasteiger partial charge in [0.1, 0.15) is 46.2 Å². The normalized spacial score (nSPS) is 15.2. The van der Waals surface area contributed by atoms with Crippen molar-refractivity contribution in [2.45, 2.75) is 50.3 Å². The maximum absolute atomic E-state index is 14.8. The molecule has 3 aromatic carbocycles. The summed E-state index contributed by atoms with van der Waals surface area (Å²) in [6, 6.07) is 2.62. The molecule has 1 fully saturated rings. The molecular weight excluding hydrogens is 561 g/mol. The fraction of sp³-hybridized carbons (Fsp3) is 0.286. The molecule has 1 nitrogen and oxygen atoms in total. The van der Waals surface area contributed by atoms with Crippen LogP contribution in [-0.4, -0.2) is 6.18 Å². The molecule has 214 valence electrons. The van der Waals surface area contributed by atoms with E-state index < -0.39 is 81.3 Å². The van der Waals surface area contributed by atoms with Crippen LogP contribution in [0.15, 0.2) is 42.5 Å². The van der Waals surface area contributed by atoms with E-state index in [1.54, 1.807) is 0 Å². The lowest BCUT2D eigenvalue weighted by Gasteiger charge is -2.24. The largest absolute Gasteiger partial charge is 0.432 e. The Bertz CT molecular complexity index is 1370. The molecule has 0 amide bonds. The summed E-state index contributed by atoms with van der Waals surface area (Å²) in [4.78, 5) is 0. The minimum Gasteiger partial charge on any atom is -0.429 e. The number of rotatable bonds is 6. The highest BCUT2D eigenvalue weighted by Crippen LogP contribution is 2.40. The van der Waals surface area contributed by atoms with Gasteiger partial charge in [-0.05, 0) is 60.2 Å². The lowest BCUT2D eigenvalue weighted by atomic mass is 9.83. The van der Waals surface area contributed by atoms with Crippen molar-refractivity contribution in [2.75, 3.05) is 0 Å². The maximum atomic E-state index is 14.8. The van der Waals surface area contributed by atoms with E-state index in [1.807, 2.05) is 0 Å². The van der Waals surface area contributed by atoms with Crippen molar-refractivity contribution in [1.82, 2.24) is 0 Å². The third-order valence-corrected chi connectivity index (χ3v) is 6.50. The van der Waals surface area contributed by atoms with E-state index in [0.717, 1.165) is 31.4 Å². The molecule has 12 heteroatoms. The summed E-state index contributed by atoms with van der Waals surface area (Å²) in [5, 5.41) is 0. The van der Waals surface area contributed by atoms with E-state index in [0.29, 0.717) is 25.0 Å². The highest BCUT2D eigenvalue weighted by molar-refractivity contribution is 5.68. The standard InChI is InChI=1S/C28H19F11O/c29-19-10-16(11-20(30)18(19)6-7-27(35,36)37)25-21(31)12-17(13-22(25)32)40-28(38,39)26-23(33)8-15(9-24(26)34)14-4-2-1-3-5-14/h6-14H,1-5H2/b7-6+. The molecule has 0 unspecified atom stereocenters. The van der Waals surface area contributed by atoms with Crippen molar-refractivity contribution in [3.63, 3.8) is 0 Å². The molecule has 0 N–H and O–H groups in total. The number of benzene rings is 3. The third-order valence-electron chi connectivity index (χ3n) is 6.50. The quantitative estimate of drug-likeness (QED) is 0.264. The fourth-order valence-electron chi connectivity index (χ4n) is 4.69. The Balaban J connectivity index is 1.63. The van der Waals surface area contributed by atoms with Crippen LogP contribution in [0.1, 0.15) is 54.7 Å². The molecule has 0 atom stereocenters. The van der Waals surface area contributed by atoms with Gasteiger partial charge in [0.05, 0.1) is 5.56 Å². The van der Waals surface area contributed by atoms with Gasteiger partial charge in [-0.3, -0.25) is 0 Å². The predicted molar refractivity (Wildman–Crippen MR) is 124 cm³/mol. The molecule has 0 radical (unpaired) electrons. The predicted octanol–water partition coefficient (Wildman–Crippen LogP) is 9.94. The Morgan fingerprint density at radius 3 is 1.68 bits per heavy atom. The van der Waals surface area contributed by atoms with Gasteiger partial charge >= 0.3 is 12.3 Å². The van der Waals surface area contributed by atoms with E-state index in [1.165, 1.54) is 0 Å². The molecular formula is C28H19F11O. The average molecular weight is 580 g/mol. The molecule has 0 aromatic heterocycles. The van der Waals surface area contributed by atoms with Gasteiger partial charge in [-0.2, -0.15) is 22.0 Å².